The molecule has 7 heteroatoms. The first-order valence-electron chi connectivity index (χ1n) is 5.46. The molecule has 0 bridgehead atoms. The number of nitrogens with two attached hydrogens (primary N) is 1. The van der Waals surface area contributed by atoms with Crippen LogP contribution in [0.5, 0.6) is 0 Å². The molecule has 0 aliphatic carbocycles. The van der Waals surface area contributed by atoms with Gasteiger partial charge >= 0.3 is 5.91 Å². The molecule has 0 radical (unpaired) electrons. The highest BCUT2D eigenvalue weighted by Gasteiger charge is 2.30. The number of carbonyl (C=O) groups excluding carboxylic acids is 3. The first-order valence-corrected chi connectivity index (χ1v) is 5.46. The van der Waals surface area contributed by atoms with E-state index in [0.717, 1.165) is 4.90 Å². The Balaban J connectivity index is 2.18. The molecule has 2 heterocycles. The number of imide groups is 1. The molecule has 0 unspecified atom stereocenters. The topological polar surface area (TPSA) is 106 Å². The summed E-state index contributed by atoms with van der Waals surface area (Å²) in [6.45, 7) is 1.74. The van der Waals surface area contributed by atoms with E-state index in [1.165, 1.54) is 0 Å². The number of nitrogens with one attached hydrogen (secondary N) is 1. The van der Waals surface area contributed by atoms with Crippen molar-refractivity contribution in [1.29, 1.82) is 0 Å². The summed E-state index contributed by atoms with van der Waals surface area (Å²) in [5.41, 5.74) is 2.57. The predicted molar refractivity (Wildman–Crippen MR) is 59.9 cm³/mol. The van der Waals surface area contributed by atoms with E-state index in [-0.39, 0.29) is 37.0 Å². The Morgan fingerprint density at radius 1 is 1.44 bits per heavy atom. The molecule has 3 amide bonds. The lowest BCUT2D eigenvalue weighted by Gasteiger charge is -2.10. The normalized spacial score (nSPS) is 15.3. The van der Waals surface area contributed by atoms with Crippen LogP contribution in [0.15, 0.2) is 10.5 Å². The summed E-state index contributed by atoms with van der Waals surface area (Å²) in [6.07, 6.45) is 0.462. The largest absolute Gasteiger partial charge is 0.454 e. The lowest BCUT2D eigenvalue weighted by molar-refractivity contribution is -0.139. The predicted octanol–water partition coefficient (Wildman–Crippen LogP) is -0.159. The molecule has 0 spiro atoms. The van der Waals surface area contributed by atoms with Crippen LogP contribution in [0.4, 0.5) is 0 Å². The number of hydrogen-bond donors (Lipinski definition) is 2. The Kier molecular flexibility index (Phi) is 3.15. The molecule has 1 aromatic heterocycles. The molecule has 1 aliphatic rings. The van der Waals surface area contributed by atoms with Crippen molar-refractivity contribution in [2.45, 2.75) is 26.3 Å². The Morgan fingerprint density at radius 3 is 2.61 bits per heavy atom. The van der Waals surface area contributed by atoms with E-state index in [0.29, 0.717) is 11.3 Å². The summed E-state index contributed by atoms with van der Waals surface area (Å²) >= 11 is 0. The molecule has 0 saturated carbocycles. The average Bonchev–Trinajstić information content (AvgIpc) is 2.86. The van der Waals surface area contributed by atoms with Crippen molar-refractivity contribution < 1.29 is 18.8 Å². The lowest BCUT2D eigenvalue weighted by atomic mass is 10.2. The standard InChI is InChI=1S/C11H13N3O4/c1-6-4-7(18-10(6)11(17)13-12)5-14-8(15)2-3-9(14)16/h4H,2-3,5,12H2,1H3,(H,13,17). The van der Waals surface area contributed by atoms with Gasteiger partial charge in [-0.05, 0) is 13.0 Å². The SMILES string of the molecule is Cc1cc(CN2C(=O)CCC2=O)oc1C(=O)NN. The number of likely N-dealkylation sites (tertiary alicyclic amines) is 1. The van der Waals surface area contributed by atoms with E-state index in [4.69, 9.17) is 10.3 Å². The zero-order valence-electron chi connectivity index (χ0n) is 9.86. The minimum absolute atomic E-state index is 0.0519. The molecule has 18 heavy (non-hydrogen) atoms. The monoisotopic (exact) mass is 251 g/mol. The van der Waals surface area contributed by atoms with E-state index in [1.54, 1.807) is 13.0 Å². The molecule has 0 aromatic carbocycles. The number of hydrazine groups is 1. The molecule has 2 rings (SSSR count). The Morgan fingerprint density at radius 2 is 2.06 bits per heavy atom. The van der Waals surface area contributed by atoms with E-state index < -0.39 is 5.91 Å². The molecular weight excluding hydrogens is 238 g/mol. The number of amides is 3. The van der Waals surface area contributed by atoms with Crippen LogP contribution in [0.3, 0.4) is 0 Å². The first kappa shape index (κ1) is 12.3. The van der Waals surface area contributed by atoms with Crippen molar-refractivity contribution in [3.63, 3.8) is 0 Å². The van der Waals surface area contributed by atoms with Crippen LogP contribution in [0.25, 0.3) is 0 Å². The summed E-state index contributed by atoms with van der Waals surface area (Å²) in [5, 5.41) is 0. The van der Waals surface area contributed by atoms with Gasteiger partial charge in [0, 0.05) is 18.4 Å². The molecule has 3 N–H and O–H groups in total. The third kappa shape index (κ3) is 2.12. The van der Waals surface area contributed by atoms with Gasteiger partial charge in [-0.15, -0.1) is 0 Å². The average molecular weight is 251 g/mol. The highest BCUT2D eigenvalue weighted by atomic mass is 16.4. The Labute approximate surface area is 103 Å². The zero-order chi connectivity index (χ0) is 13.3. The quantitative estimate of drug-likeness (QED) is 0.336. The van der Waals surface area contributed by atoms with E-state index >= 15 is 0 Å². The highest BCUT2D eigenvalue weighted by Crippen LogP contribution is 2.20. The smallest absolute Gasteiger partial charge is 0.301 e. The maximum Gasteiger partial charge on any atom is 0.301 e. The van der Waals surface area contributed by atoms with Gasteiger partial charge in [0.2, 0.25) is 11.8 Å². The summed E-state index contributed by atoms with van der Waals surface area (Å²) in [4.78, 5) is 35.3. The number of carbonyl (C=O) groups is 3. The van der Waals surface area contributed by atoms with Crippen molar-refractivity contribution in [3.8, 4) is 0 Å². The lowest BCUT2D eigenvalue weighted by Crippen LogP contribution is -2.30. The van der Waals surface area contributed by atoms with Crippen molar-refractivity contribution in [3.05, 3.63) is 23.2 Å². The maximum atomic E-state index is 11.4. The number of rotatable bonds is 3. The fourth-order valence-electron chi connectivity index (χ4n) is 1.87. The van der Waals surface area contributed by atoms with Crippen molar-refractivity contribution >= 4 is 17.7 Å². The highest BCUT2D eigenvalue weighted by molar-refractivity contribution is 6.01. The molecule has 96 valence electrons. The molecule has 1 aliphatic heterocycles. The summed E-state index contributed by atoms with van der Waals surface area (Å²) in [7, 11) is 0. The van der Waals surface area contributed by atoms with E-state index in [1.807, 2.05) is 5.43 Å². The second-order valence-corrected chi connectivity index (χ2v) is 4.07. The number of nitrogen functional groups attached to an aromatic ring is 1. The third-order valence-electron chi connectivity index (χ3n) is 2.77. The minimum atomic E-state index is -0.544. The molecule has 0 atom stereocenters. The third-order valence-corrected chi connectivity index (χ3v) is 2.77. The van der Waals surface area contributed by atoms with Crippen molar-refractivity contribution in [2.75, 3.05) is 0 Å². The molecule has 7 nitrogen and oxygen atoms in total. The Hall–Kier alpha value is -2.15. The van der Waals surface area contributed by atoms with Gasteiger partial charge in [0.05, 0.1) is 6.54 Å². The maximum absolute atomic E-state index is 11.4. The molecular formula is C11H13N3O4. The van der Waals surface area contributed by atoms with Crippen LogP contribution in [-0.4, -0.2) is 22.6 Å². The number of hydrogen-bond acceptors (Lipinski definition) is 5. The van der Waals surface area contributed by atoms with Gasteiger partial charge in [0.15, 0.2) is 5.76 Å². The molecule has 1 fully saturated rings. The van der Waals surface area contributed by atoms with Crippen LogP contribution < -0.4 is 11.3 Å². The van der Waals surface area contributed by atoms with E-state index in [9.17, 15) is 14.4 Å². The second kappa shape index (κ2) is 4.61. The fourth-order valence-corrected chi connectivity index (χ4v) is 1.87. The molecule has 1 aromatic rings. The van der Waals surface area contributed by atoms with Crippen LogP contribution in [0, 0.1) is 6.92 Å². The van der Waals surface area contributed by atoms with Crippen LogP contribution in [0.2, 0.25) is 0 Å². The van der Waals surface area contributed by atoms with Gasteiger partial charge < -0.3 is 4.42 Å². The van der Waals surface area contributed by atoms with E-state index in [2.05, 4.69) is 0 Å². The Bertz CT molecular complexity index is 504. The summed E-state index contributed by atoms with van der Waals surface area (Å²) in [6, 6.07) is 1.61. The van der Waals surface area contributed by atoms with Gasteiger partial charge in [0.1, 0.15) is 5.76 Å². The van der Waals surface area contributed by atoms with Crippen LogP contribution in [-0.2, 0) is 16.1 Å². The number of furan rings is 1. The number of nitrogens with zero attached hydrogens (tertiary/aromatic N) is 1. The van der Waals surface area contributed by atoms with Crippen molar-refractivity contribution in [1.82, 2.24) is 10.3 Å². The second-order valence-electron chi connectivity index (χ2n) is 4.07. The van der Waals surface area contributed by atoms with Crippen LogP contribution in [0.1, 0.15) is 34.7 Å². The summed E-state index contributed by atoms with van der Waals surface area (Å²) < 4.78 is 5.29. The minimum Gasteiger partial charge on any atom is -0.454 e. The van der Waals surface area contributed by atoms with Gasteiger partial charge in [0.25, 0.3) is 0 Å². The van der Waals surface area contributed by atoms with Gasteiger partial charge in [-0.2, -0.15) is 0 Å². The van der Waals surface area contributed by atoms with Crippen molar-refractivity contribution in [2.24, 2.45) is 5.84 Å². The van der Waals surface area contributed by atoms with Crippen LogP contribution >= 0.6 is 0 Å². The molecule has 1 saturated heterocycles. The fraction of sp³-hybridized carbons (Fsp3) is 0.364. The number of aryl methyl sites for hydroxylation is 1. The van der Waals surface area contributed by atoms with Gasteiger partial charge in [-0.3, -0.25) is 24.7 Å². The van der Waals surface area contributed by atoms with Gasteiger partial charge in [-0.1, -0.05) is 0 Å². The zero-order valence-corrected chi connectivity index (χ0v) is 9.86. The summed E-state index contributed by atoms with van der Waals surface area (Å²) in [5.74, 6) is 4.49. The van der Waals surface area contributed by atoms with Gasteiger partial charge in [-0.25, -0.2) is 5.84 Å². The first-order chi connectivity index (χ1) is 8.52.